The van der Waals surface area contributed by atoms with E-state index < -0.39 is 52.2 Å². The molecule has 2 aliphatic heterocycles. The van der Waals surface area contributed by atoms with Gasteiger partial charge in [-0.25, -0.2) is 14.7 Å². The van der Waals surface area contributed by atoms with Gasteiger partial charge in [-0.1, -0.05) is 30.0 Å². The number of carboxylic acids is 2. The minimum atomic E-state index is -1.63. The number of carbonyl (C=O) groups is 4. The largest absolute Gasteiger partial charge is 0.496 e. The number of aliphatic hydroxyl groups excluding tert-OH is 1. The number of hydrogen-bond acceptors (Lipinski definition) is 11. The van der Waals surface area contributed by atoms with Gasteiger partial charge in [-0.3, -0.25) is 19.3 Å². The number of ether oxygens (including phenoxy) is 1. The van der Waals surface area contributed by atoms with Gasteiger partial charge >= 0.3 is 17.6 Å². The highest BCUT2D eigenvalue weighted by Crippen LogP contribution is 2.45. The molecule has 3 aromatic rings. The molecule has 2 unspecified atom stereocenters. The highest BCUT2D eigenvalue weighted by atomic mass is 32.2. The first-order valence-electron chi connectivity index (χ1n) is 12.5. The number of benzene rings is 1. The Hall–Kier alpha value is -4.35. The van der Waals surface area contributed by atoms with E-state index in [0.717, 1.165) is 21.2 Å². The normalized spacial score (nSPS) is 19.6. The van der Waals surface area contributed by atoms with Crippen LogP contribution in [0.1, 0.15) is 24.5 Å². The molecular formula is C25H24N6O9S2. The van der Waals surface area contributed by atoms with Crippen LogP contribution in [-0.4, -0.2) is 93.3 Å². The highest BCUT2D eigenvalue weighted by Gasteiger charge is 2.55. The standard InChI is InChI=1S/C25H24N6O9S2/c1-40-13-5-3-2-4-11(13)20(34)21(35)26-18-22(36)30-19(24(37)38)12(10-41-23(18)30)14(6-9-17(32)33)42-16-8-7-15-27-28-25(39)31(15)29-16/h2-5,7-8,14,18,20,23,34H,6,9-10H2,1H3,(H,26,35)(H,28,39)(H,32,33)(H,37,38)/t14?,18?,20-,23-/m1/s1. The Morgan fingerprint density at radius 1 is 1.21 bits per heavy atom. The Morgan fingerprint density at radius 2 is 1.98 bits per heavy atom. The summed E-state index contributed by atoms with van der Waals surface area (Å²) >= 11 is 2.27. The van der Waals surface area contributed by atoms with Crippen molar-refractivity contribution >= 4 is 52.9 Å². The number of aromatic nitrogens is 4. The van der Waals surface area contributed by atoms with E-state index in [4.69, 9.17) is 4.74 Å². The molecule has 0 saturated carbocycles. The molecule has 0 radical (unpaired) electrons. The molecule has 220 valence electrons. The van der Waals surface area contributed by atoms with E-state index in [1.54, 1.807) is 24.3 Å². The summed E-state index contributed by atoms with van der Waals surface area (Å²) in [5.74, 6) is -3.62. The van der Waals surface area contributed by atoms with Crippen LogP contribution in [0.5, 0.6) is 5.75 Å². The lowest BCUT2D eigenvalue weighted by atomic mass is 9.99. The molecule has 17 heteroatoms. The summed E-state index contributed by atoms with van der Waals surface area (Å²) in [5.41, 5.74) is -0.102. The Labute approximate surface area is 244 Å². The second-order valence-corrected chi connectivity index (χ2v) is 11.6. The summed E-state index contributed by atoms with van der Waals surface area (Å²) < 4.78 is 6.22. The number of hydrogen-bond donors (Lipinski definition) is 5. The van der Waals surface area contributed by atoms with Crippen molar-refractivity contribution in [3.05, 3.63) is 63.7 Å². The lowest BCUT2D eigenvalue weighted by Crippen LogP contribution is -2.71. The number of rotatable bonds is 11. The molecule has 4 atom stereocenters. The third-order valence-corrected chi connectivity index (χ3v) is 9.27. The van der Waals surface area contributed by atoms with Crippen molar-refractivity contribution in [2.24, 2.45) is 0 Å². The molecule has 5 rings (SSSR count). The van der Waals surface area contributed by atoms with Gasteiger partial charge in [0, 0.05) is 23.0 Å². The Morgan fingerprint density at radius 3 is 2.69 bits per heavy atom. The maximum absolute atomic E-state index is 13.2. The molecule has 15 nitrogen and oxygen atoms in total. The fraction of sp³-hybridized carbons (Fsp3) is 0.320. The number of H-pyrrole nitrogens is 1. The average Bonchev–Trinajstić information content (AvgIpc) is 3.36. The molecule has 2 aliphatic rings. The van der Waals surface area contributed by atoms with Crippen LogP contribution in [0.2, 0.25) is 0 Å². The molecule has 5 N–H and O–H groups in total. The number of carboxylic acid groups (broad SMARTS) is 2. The fourth-order valence-electron chi connectivity index (χ4n) is 4.71. The van der Waals surface area contributed by atoms with E-state index in [1.807, 2.05) is 0 Å². The van der Waals surface area contributed by atoms with Gasteiger partial charge in [-0.15, -0.1) is 11.8 Å². The summed E-state index contributed by atoms with van der Waals surface area (Å²) in [6, 6.07) is 8.38. The van der Waals surface area contributed by atoms with Crippen LogP contribution in [0.3, 0.4) is 0 Å². The summed E-state index contributed by atoms with van der Waals surface area (Å²) in [6.07, 6.45) is -1.90. The Balaban J connectivity index is 1.39. The van der Waals surface area contributed by atoms with Crippen LogP contribution in [-0.2, 0) is 19.2 Å². The lowest BCUT2D eigenvalue weighted by Gasteiger charge is -2.50. The summed E-state index contributed by atoms with van der Waals surface area (Å²) in [4.78, 5) is 63.0. The number of aliphatic hydroxyl groups is 1. The third kappa shape index (κ3) is 5.45. The first kappa shape index (κ1) is 29.2. The van der Waals surface area contributed by atoms with Crippen LogP contribution in [0.25, 0.3) is 5.65 Å². The van der Waals surface area contributed by atoms with Crippen molar-refractivity contribution in [1.82, 2.24) is 30.0 Å². The van der Waals surface area contributed by atoms with Crippen LogP contribution >= 0.6 is 23.5 Å². The van der Waals surface area contributed by atoms with Gasteiger partial charge in [0.25, 0.3) is 11.8 Å². The molecule has 1 saturated heterocycles. The van der Waals surface area contributed by atoms with Crippen molar-refractivity contribution in [2.45, 2.75) is 40.6 Å². The zero-order valence-electron chi connectivity index (χ0n) is 21.8. The van der Waals surface area contributed by atoms with Crippen molar-refractivity contribution in [1.29, 1.82) is 0 Å². The summed E-state index contributed by atoms with van der Waals surface area (Å²) in [6.45, 7) is 0. The van der Waals surface area contributed by atoms with E-state index in [9.17, 15) is 39.3 Å². The van der Waals surface area contributed by atoms with E-state index in [0.29, 0.717) is 10.6 Å². The van der Waals surface area contributed by atoms with E-state index in [1.165, 1.54) is 31.0 Å². The zero-order chi connectivity index (χ0) is 30.1. The van der Waals surface area contributed by atoms with Gasteiger partial charge in [0.2, 0.25) is 0 Å². The zero-order valence-corrected chi connectivity index (χ0v) is 23.4. The molecule has 2 amide bonds. The number of thioether (sulfide) groups is 2. The van der Waals surface area contributed by atoms with E-state index in [-0.39, 0.29) is 41.3 Å². The topological polar surface area (TPSA) is 217 Å². The van der Waals surface area contributed by atoms with Crippen LogP contribution < -0.4 is 15.7 Å². The van der Waals surface area contributed by atoms with Gasteiger partial charge in [0.1, 0.15) is 27.9 Å². The second kappa shape index (κ2) is 11.9. The molecule has 0 aliphatic carbocycles. The molecule has 1 fully saturated rings. The van der Waals surface area contributed by atoms with Crippen molar-refractivity contribution in [3.63, 3.8) is 0 Å². The number of para-hydroxylation sites is 1. The Bertz CT molecular complexity index is 1670. The number of methoxy groups -OCH3 is 1. The van der Waals surface area contributed by atoms with Gasteiger partial charge in [-0.05, 0) is 30.2 Å². The van der Waals surface area contributed by atoms with Crippen LogP contribution in [0, 0.1) is 0 Å². The minimum Gasteiger partial charge on any atom is -0.496 e. The van der Waals surface area contributed by atoms with Crippen molar-refractivity contribution < 1.29 is 39.2 Å². The van der Waals surface area contributed by atoms with Gasteiger partial charge in [0.15, 0.2) is 11.8 Å². The molecule has 0 spiro atoms. The lowest BCUT2D eigenvalue weighted by molar-refractivity contribution is -0.151. The molecule has 4 heterocycles. The number of nitrogens with zero attached hydrogens (tertiary/aromatic N) is 4. The molecular weight excluding hydrogens is 592 g/mol. The number of nitrogens with one attached hydrogen (secondary N) is 2. The maximum Gasteiger partial charge on any atom is 0.364 e. The smallest absolute Gasteiger partial charge is 0.364 e. The quantitative estimate of drug-likeness (QED) is 0.144. The van der Waals surface area contributed by atoms with E-state index in [2.05, 4.69) is 20.6 Å². The minimum absolute atomic E-state index is 0.0185. The SMILES string of the molecule is COc1ccccc1[C@@H](O)C(=O)NC1C(=O)N2C(C(=O)O)=C(C(CCC(=O)O)Sc3ccc4n[nH]c(=O)n4n3)CS[C@H]12. The predicted octanol–water partition coefficient (Wildman–Crippen LogP) is 0.224. The average molecular weight is 617 g/mol. The second-order valence-electron chi connectivity index (χ2n) is 9.23. The highest BCUT2D eigenvalue weighted by molar-refractivity contribution is 8.01. The molecule has 42 heavy (non-hydrogen) atoms. The number of aliphatic carboxylic acids is 2. The number of carbonyl (C=O) groups excluding carboxylic acids is 2. The van der Waals surface area contributed by atoms with Crippen LogP contribution in [0.15, 0.2) is 57.5 Å². The molecule has 0 bridgehead atoms. The third-order valence-electron chi connectivity index (χ3n) is 6.70. The van der Waals surface area contributed by atoms with Crippen molar-refractivity contribution in [2.75, 3.05) is 12.9 Å². The number of amides is 2. The predicted molar refractivity (Wildman–Crippen MR) is 148 cm³/mol. The number of fused-ring (bicyclic) bond motifs is 2. The molecule has 1 aromatic carbocycles. The first-order chi connectivity index (χ1) is 20.1. The van der Waals surface area contributed by atoms with Gasteiger partial charge in [-0.2, -0.15) is 14.7 Å². The first-order valence-corrected chi connectivity index (χ1v) is 14.4. The molecule has 2 aromatic heterocycles. The van der Waals surface area contributed by atoms with Gasteiger partial charge in [0.05, 0.1) is 7.11 Å². The van der Waals surface area contributed by atoms with Gasteiger partial charge < -0.3 is 25.4 Å². The van der Waals surface area contributed by atoms with Crippen molar-refractivity contribution in [3.8, 4) is 5.75 Å². The summed E-state index contributed by atoms with van der Waals surface area (Å²) in [7, 11) is 1.39. The maximum atomic E-state index is 13.2. The fourth-order valence-corrected chi connectivity index (χ4v) is 7.38. The number of aromatic amines is 1. The Kier molecular flexibility index (Phi) is 8.24. The monoisotopic (exact) mass is 616 g/mol. The number of β-lactam (4-membered cyclic amide) rings is 1. The summed E-state index contributed by atoms with van der Waals surface area (Å²) in [5, 5.41) is 41.7. The van der Waals surface area contributed by atoms with Crippen LogP contribution in [0.4, 0.5) is 0 Å². The van der Waals surface area contributed by atoms with E-state index >= 15 is 0 Å².